The van der Waals surface area contributed by atoms with Gasteiger partial charge in [-0.1, -0.05) is 61.3 Å². The van der Waals surface area contributed by atoms with Crippen molar-refractivity contribution < 1.29 is 23.9 Å². The number of ether oxygens (including phenoxy) is 1. The Balaban J connectivity index is 2.89. The van der Waals surface area contributed by atoms with Gasteiger partial charge in [0.25, 0.3) is 0 Å². The Labute approximate surface area is 224 Å². The predicted molar refractivity (Wildman–Crippen MR) is 145 cm³/mol. The Bertz CT molecular complexity index is 742. The Hall–Kier alpha value is -2.16. The van der Waals surface area contributed by atoms with Gasteiger partial charge in [0.2, 0.25) is 17.7 Å². The quantitative estimate of drug-likeness (QED) is 0.210. The summed E-state index contributed by atoms with van der Waals surface area (Å²) in [6, 6.07) is -2.25. The second-order valence-corrected chi connectivity index (χ2v) is 11.3. The van der Waals surface area contributed by atoms with Crippen molar-refractivity contribution in [1.82, 2.24) is 15.5 Å². The molecule has 0 unspecified atom stereocenters. The van der Waals surface area contributed by atoms with E-state index in [4.69, 9.17) is 10.5 Å². The number of nitrogens with one attached hydrogen (secondary N) is 2. The summed E-state index contributed by atoms with van der Waals surface area (Å²) in [6.45, 7) is 14.6. The van der Waals surface area contributed by atoms with Crippen molar-refractivity contribution in [3.8, 4) is 0 Å². The van der Waals surface area contributed by atoms with Gasteiger partial charge >= 0.3 is 5.97 Å². The number of rotatable bonds is 16. The normalized spacial score (nSPS) is 18.9. The number of hydrogen-bond acceptors (Lipinski definition) is 6. The molecule has 0 radical (unpaired) electrons. The van der Waals surface area contributed by atoms with E-state index in [2.05, 4.69) is 24.5 Å². The summed E-state index contributed by atoms with van der Waals surface area (Å²) in [5.41, 5.74) is 6.16. The van der Waals surface area contributed by atoms with Gasteiger partial charge in [0, 0.05) is 19.0 Å². The number of nitrogens with two attached hydrogens (primary N) is 1. The molecule has 1 rings (SSSR count). The fourth-order valence-corrected chi connectivity index (χ4v) is 4.51. The summed E-state index contributed by atoms with van der Waals surface area (Å²) < 4.78 is 5.39. The average Bonchev–Trinajstić information content (AvgIpc) is 3.34. The monoisotopic (exact) mass is 524 g/mol. The number of hydrogen-bond donors (Lipinski definition) is 3. The summed E-state index contributed by atoms with van der Waals surface area (Å²) >= 11 is 0. The molecule has 4 N–H and O–H groups in total. The van der Waals surface area contributed by atoms with Gasteiger partial charge in [0.05, 0.1) is 6.61 Å². The smallest absolute Gasteiger partial charge is 0.328 e. The minimum absolute atomic E-state index is 0.0720. The topological polar surface area (TPSA) is 131 Å². The van der Waals surface area contributed by atoms with Crippen LogP contribution in [0.25, 0.3) is 0 Å². The first-order valence-electron chi connectivity index (χ1n) is 14.2. The molecule has 1 fully saturated rings. The first kappa shape index (κ1) is 32.9. The van der Waals surface area contributed by atoms with Crippen LogP contribution in [0, 0.1) is 17.8 Å². The molecule has 0 aromatic heterocycles. The highest BCUT2D eigenvalue weighted by molar-refractivity contribution is 5.94. The third-order valence-electron chi connectivity index (χ3n) is 7.22. The number of carbonyl (C=O) groups excluding carboxylic acids is 4. The van der Waals surface area contributed by atoms with E-state index in [-0.39, 0.29) is 42.1 Å². The zero-order valence-electron chi connectivity index (χ0n) is 24.2. The van der Waals surface area contributed by atoms with Gasteiger partial charge in [-0.3, -0.25) is 14.4 Å². The number of amides is 3. The average molecular weight is 525 g/mol. The van der Waals surface area contributed by atoms with Crippen molar-refractivity contribution in [1.29, 1.82) is 0 Å². The standard InChI is InChI=1S/C28H52N4O5/c1-8-10-16-37-28(36)23-12-11-15-32(23)27(35)22(17-18(3)4)30-26(34)25(19(5)6)31-24(33)14-13-21(29)20(7)9-2/h18-23,25H,8-17,29H2,1-7H3,(H,30,34)(H,31,33)/t20-,21-,22-,23-,25-/m0/s1. The number of nitrogens with zero attached hydrogens (tertiary/aromatic N) is 1. The number of unbranched alkanes of at least 4 members (excludes halogenated alkanes) is 1. The van der Waals surface area contributed by atoms with Gasteiger partial charge in [-0.15, -0.1) is 0 Å². The molecule has 1 saturated heterocycles. The van der Waals surface area contributed by atoms with Crippen molar-refractivity contribution in [3.05, 3.63) is 0 Å². The molecule has 5 atom stereocenters. The van der Waals surface area contributed by atoms with Crippen LogP contribution in [0.15, 0.2) is 0 Å². The zero-order valence-corrected chi connectivity index (χ0v) is 24.2. The van der Waals surface area contributed by atoms with Crippen LogP contribution < -0.4 is 16.4 Å². The van der Waals surface area contributed by atoms with Crippen molar-refractivity contribution in [3.63, 3.8) is 0 Å². The summed E-state index contributed by atoms with van der Waals surface area (Å²) in [6.07, 6.45) is 5.14. The Morgan fingerprint density at radius 1 is 1.05 bits per heavy atom. The van der Waals surface area contributed by atoms with E-state index in [1.54, 1.807) is 4.90 Å². The molecule has 37 heavy (non-hydrogen) atoms. The SMILES string of the molecule is CCCCOC(=O)[C@@H]1CCCN1C(=O)[C@H](CC(C)C)NC(=O)[C@@H](NC(=O)CC[C@H](N)[C@@H](C)CC)C(C)C. The van der Waals surface area contributed by atoms with E-state index in [9.17, 15) is 19.2 Å². The Kier molecular flexibility index (Phi) is 14.8. The fraction of sp³-hybridized carbons (Fsp3) is 0.857. The Morgan fingerprint density at radius 2 is 1.73 bits per heavy atom. The van der Waals surface area contributed by atoms with Gasteiger partial charge in [0.1, 0.15) is 18.1 Å². The lowest BCUT2D eigenvalue weighted by Crippen LogP contribution is -2.57. The van der Waals surface area contributed by atoms with Crippen LogP contribution in [0.1, 0.15) is 99.8 Å². The van der Waals surface area contributed by atoms with Crippen molar-refractivity contribution in [2.45, 2.75) is 124 Å². The molecule has 9 heteroatoms. The van der Waals surface area contributed by atoms with Crippen molar-refractivity contribution in [2.75, 3.05) is 13.2 Å². The molecule has 0 aromatic rings. The molecule has 1 aliphatic heterocycles. The molecule has 0 bridgehead atoms. The molecular formula is C28H52N4O5. The summed E-state index contributed by atoms with van der Waals surface area (Å²) in [5, 5.41) is 5.74. The maximum absolute atomic E-state index is 13.5. The third-order valence-corrected chi connectivity index (χ3v) is 7.22. The summed E-state index contributed by atoms with van der Waals surface area (Å²) in [4.78, 5) is 53.7. The van der Waals surface area contributed by atoms with Crippen molar-refractivity contribution in [2.24, 2.45) is 23.5 Å². The zero-order chi connectivity index (χ0) is 28.1. The van der Waals surface area contributed by atoms with Crippen LogP contribution in [0.4, 0.5) is 0 Å². The number of likely N-dealkylation sites (tertiary alicyclic amines) is 1. The predicted octanol–water partition coefficient (Wildman–Crippen LogP) is 3.15. The van der Waals surface area contributed by atoms with Gasteiger partial charge in [-0.25, -0.2) is 4.79 Å². The molecule has 3 amide bonds. The minimum atomic E-state index is -0.784. The highest BCUT2D eigenvalue weighted by Crippen LogP contribution is 2.22. The number of carbonyl (C=O) groups is 4. The van der Waals surface area contributed by atoms with E-state index in [1.807, 2.05) is 34.6 Å². The lowest BCUT2D eigenvalue weighted by molar-refractivity contribution is -0.154. The van der Waals surface area contributed by atoms with Crippen LogP contribution in [0.2, 0.25) is 0 Å². The van der Waals surface area contributed by atoms with Crippen LogP contribution in [-0.4, -0.2) is 65.9 Å². The molecule has 0 spiro atoms. The highest BCUT2D eigenvalue weighted by Gasteiger charge is 2.39. The van der Waals surface area contributed by atoms with E-state index in [0.29, 0.717) is 44.8 Å². The van der Waals surface area contributed by atoms with Gasteiger partial charge in [-0.2, -0.15) is 0 Å². The first-order valence-corrected chi connectivity index (χ1v) is 14.2. The van der Waals surface area contributed by atoms with Crippen LogP contribution in [0.5, 0.6) is 0 Å². The van der Waals surface area contributed by atoms with E-state index < -0.39 is 24.0 Å². The van der Waals surface area contributed by atoms with Crippen LogP contribution in [-0.2, 0) is 23.9 Å². The maximum Gasteiger partial charge on any atom is 0.328 e. The second kappa shape index (κ2) is 16.6. The minimum Gasteiger partial charge on any atom is -0.464 e. The van der Waals surface area contributed by atoms with Crippen LogP contribution in [0.3, 0.4) is 0 Å². The molecule has 9 nitrogen and oxygen atoms in total. The van der Waals surface area contributed by atoms with Gasteiger partial charge in [0.15, 0.2) is 0 Å². The molecule has 0 aromatic carbocycles. The lowest BCUT2D eigenvalue weighted by atomic mass is 9.95. The van der Waals surface area contributed by atoms with E-state index >= 15 is 0 Å². The largest absolute Gasteiger partial charge is 0.464 e. The molecule has 214 valence electrons. The van der Waals surface area contributed by atoms with E-state index in [0.717, 1.165) is 19.3 Å². The molecular weight excluding hydrogens is 472 g/mol. The van der Waals surface area contributed by atoms with Gasteiger partial charge < -0.3 is 26.0 Å². The summed E-state index contributed by atoms with van der Waals surface area (Å²) in [5.74, 6) is -0.986. The highest BCUT2D eigenvalue weighted by atomic mass is 16.5. The second-order valence-electron chi connectivity index (χ2n) is 11.3. The van der Waals surface area contributed by atoms with E-state index in [1.165, 1.54) is 0 Å². The third kappa shape index (κ3) is 11.0. The maximum atomic E-state index is 13.5. The molecule has 1 aliphatic rings. The number of esters is 1. The van der Waals surface area contributed by atoms with Gasteiger partial charge in [-0.05, 0) is 49.9 Å². The first-order chi connectivity index (χ1) is 17.4. The molecule has 1 heterocycles. The van der Waals surface area contributed by atoms with Crippen LogP contribution >= 0.6 is 0 Å². The van der Waals surface area contributed by atoms with Crippen molar-refractivity contribution >= 4 is 23.7 Å². The summed E-state index contributed by atoms with van der Waals surface area (Å²) in [7, 11) is 0. The molecule has 0 aliphatic carbocycles. The lowest BCUT2D eigenvalue weighted by Gasteiger charge is -2.31. The Morgan fingerprint density at radius 3 is 2.30 bits per heavy atom. The fourth-order valence-electron chi connectivity index (χ4n) is 4.51. The molecule has 0 saturated carbocycles.